The summed E-state index contributed by atoms with van der Waals surface area (Å²) in [6, 6.07) is 8.06. The van der Waals surface area contributed by atoms with E-state index >= 15 is 0 Å². The SMILES string of the molecule is COc1ccccc1-c1[nH]nc2nc(NC3CCN(C(=O)CC4CC4)CC3)ncc12. The summed E-state index contributed by atoms with van der Waals surface area (Å²) in [7, 11) is 1.65. The van der Waals surface area contributed by atoms with Crippen LogP contribution in [-0.2, 0) is 4.79 Å². The molecule has 1 aromatic carbocycles. The highest BCUT2D eigenvalue weighted by atomic mass is 16.5. The maximum Gasteiger partial charge on any atom is 0.224 e. The van der Waals surface area contributed by atoms with Gasteiger partial charge in [-0.25, -0.2) is 4.98 Å². The van der Waals surface area contributed by atoms with Gasteiger partial charge in [-0.15, -0.1) is 0 Å². The van der Waals surface area contributed by atoms with Crippen molar-refractivity contribution in [3.8, 4) is 17.0 Å². The number of para-hydroxylation sites is 1. The van der Waals surface area contributed by atoms with Crippen molar-refractivity contribution in [2.24, 2.45) is 5.92 Å². The molecule has 3 heterocycles. The van der Waals surface area contributed by atoms with Gasteiger partial charge in [-0.1, -0.05) is 12.1 Å². The predicted octanol–water partition coefficient (Wildman–Crippen LogP) is 3.23. The normalized spacial score (nSPS) is 17.3. The monoisotopic (exact) mass is 406 g/mol. The number of methoxy groups -OCH3 is 1. The summed E-state index contributed by atoms with van der Waals surface area (Å²) in [5, 5.41) is 11.7. The zero-order valence-electron chi connectivity index (χ0n) is 17.1. The number of likely N-dealkylation sites (tertiary alicyclic amines) is 1. The number of aromatic amines is 1. The molecule has 2 N–H and O–H groups in total. The summed E-state index contributed by atoms with van der Waals surface area (Å²) in [5.41, 5.74) is 2.39. The van der Waals surface area contributed by atoms with Crippen LogP contribution in [0, 0.1) is 5.92 Å². The number of nitrogens with one attached hydrogen (secondary N) is 2. The van der Waals surface area contributed by atoms with Crippen molar-refractivity contribution in [2.45, 2.75) is 38.1 Å². The average Bonchev–Trinajstić information content (AvgIpc) is 3.50. The molecular weight excluding hydrogens is 380 g/mol. The van der Waals surface area contributed by atoms with E-state index in [-0.39, 0.29) is 6.04 Å². The Labute approximate surface area is 175 Å². The molecule has 1 aliphatic carbocycles. The highest BCUT2D eigenvalue weighted by Gasteiger charge is 2.29. The number of fused-ring (bicyclic) bond motifs is 1. The largest absolute Gasteiger partial charge is 0.496 e. The van der Waals surface area contributed by atoms with E-state index in [1.54, 1.807) is 13.3 Å². The number of benzene rings is 1. The second-order valence-corrected chi connectivity index (χ2v) is 8.18. The second-order valence-electron chi connectivity index (χ2n) is 8.18. The number of carbonyl (C=O) groups is 1. The standard InChI is InChI=1S/C22H26N6O2/c1-30-18-5-3-2-4-16(18)20-17-13-23-22(25-21(17)27-26-20)24-15-8-10-28(11-9-15)19(29)12-14-6-7-14/h2-5,13-15H,6-12H2,1H3,(H2,23,24,25,26,27). The number of H-pyrrole nitrogens is 1. The van der Waals surface area contributed by atoms with Crippen LogP contribution in [0.3, 0.4) is 0 Å². The topological polar surface area (TPSA) is 96.0 Å². The van der Waals surface area contributed by atoms with Gasteiger partial charge < -0.3 is 15.0 Å². The molecule has 0 spiro atoms. The zero-order chi connectivity index (χ0) is 20.5. The highest BCUT2D eigenvalue weighted by molar-refractivity contribution is 5.92. The molecule has 2 aromatic heterocycles. The van der Waals surface area contributed by atoms with Crippen molar-refractivity contribution < 1.29 is 9.53 Å². The molecule has 8 heteroatoms. The van der Waals surface area contributed by atoms with Gasteiger partial charge in [0.25, 0.3) is 0 Å². The summed E-state index contributed by atoms with van der Waals surface area (Å²) in [4.78, 5) is 23.4. The number of amides is 1. The fourth-order valence-electron chi connectivity index (χ4n) is 4.08. The molecule has 1 amide bonds. The first-order valence-corrected chi connectivity index (χ1v) is 10.6. The molecule has 8 nitrogen and oxygen atoms in total. The molecule has 0 bridgehead atoms. The van der Waals surface area contributed by atoms with E-state index in [0.717, 1.165) is 54.7 Å². The molecule has 3 aromatic rings. The molecule has 1 aliphatic heterocycles. The van der Waals surface area contributed by atoms with Crippen molar-refractivity contribution in [1.29, 1.82) is 0 Å². The number of hydrogen-bond donors (Lipinski definition) is 2. The molecule has 1 saturated carbocycles. The van der Waals surface area contributed by atoms with Gasteiger partial charge in [0, 0.05) is 37.3 Å². The Balaban J connectivity index is 1.26. The lowest BCUT2D eigenvalue weighted by molar-refractivity contribution is -0.132. The van der Waals surface area contributed by atoms with Crippen molar-refractivity contribution in [2.75, 3.05) is 25.5 Å². The van der Waals surface area contributed by atoms with Gasteiger partial charge in [-0.3, -0.25) is 9.89 Å². The minimum absolute atomic E-state index is 0.264. The van der Waals surface area contributed by atoms with Gasteiger partial charge in [-0.05, 0) is 43.7 Å². The van der Waals surface area contributed by atoms with Gasteiger partial charge in [0.15, 0.2) is 5.65 Å². The highest BCUT2D eigenvalue weighted by Crippen LogP contribution is 2.34. The van der Waals surface area contributed by atoms with Crippen molar-refractivity contribution in [3.05, 3.63) is 30.5 Å². The van der Waals surface area contributed by atoms with Crippen LogP contribution in [0.5, 0.6) is 5.75 Å². The molecule has 1 saturated heterocycles. The summed E-state index contributed by atoms with van der Waals surface area (Å²) in [5.74, 6) is 2.30. The third-order valence-electron chi connectivity index (χ3n) is 6.03. The lowest BCUT2D eigenvalue weighted by atomic mass is 10.0. The van der Waals surface area contributed by atoms with E-state index in [0.29, 0.717) is 23.4 Å². The van der Waals surface area contributed by atoms with Crippen LogP contribution in [-0.4, -0.2) is 57.2 Å². The number of rotatable bonds is 6. The van der Waals surface area contributed by atoms with E-state index in [9.17, 15) is 4.79 Å². The van der Waals surface area contributed by atoms with E-state index in [1.807, 2.05) is 29.2 Å². The van der Waals surface area contributed by atoms with Gasteiger partial charge in [0.1, 0.15) is 5.75 Å². The van der Waals surface area contributed by atoms with Crippen molar-refractivity contribution in [1.82, 2.24) is 25.1 Å². The van der Waals surface area contributed by atoms with E-state index in [2.05, 4.69) is 25.5 Å². The van der Waals surface area contributed by atoms with Crippen LogP contribution >= 0.6 is 0 Å². The van der Waals surface area contributed by atoms with E-state index < -0.39 is 0 Å². The first-order valence-electron chi connectivity index (χ1n) is 10.6. The number of ether oxygens (including phenoxy) is 1. The number of aromatic nitrogens is 4. The predicted molar refractivity (Wildman–Crippen MR) is 114 cm³/mol. The summed E-state index contributed by atoms with van der Waals surface area (Å²) < 4.78 is 5.46. The van der Waals surface area contributed by atoms with Gasteiger partial charge in [-0.2, -0.15) is 10.1 Å². The third-order valence-corrected chi connectivity index (χ3v) is 6.03. The zero-order valence-corrected chi connectivity index (χ0v) is 17.1. The summed E-state index contributed by atoms with van der Waals surface area (Å²) in [6.07, 6.45) is 6.77. The maximum atomic E-state index is 12.3. The van der Waals surface area contributed by atoms with Crippen LogP contribution in [0.2, 0.25) is 0 Å². The Morgan fingerprint density at radius 2 is 2.03 bits per heavy atom. The molecule has 2 aliphatic rings. The van der Waals surface area contributed by atoms with Gasteiger partial charge in [0.2, 0.25) is 11.9 Å². The first-order chi connectivity index (χ1) is 14.7. The molecule has 5 rings (SSSR count). The summed E-state index contributed by atoms with van der Waals surface area (Å²) in [6.45, 7) is 1.59. The molecule has 0 radical (unpaired) electrons. The Morgan fingerprint density at radius 3 is 2.80 bits per heavy atom. The van der Waals surface area contributed by atoms with E-state index in [4.69, 9.17) is 4.74 Å². The fourth-order valence-corrected chi connectivity index (χ4v) is 4.08. The van der Waals surface area contributed by atoms with E-state index in [1.165, 1.54) is 12.8 Å². The fraction of sp³-hybridized carbons (Fsp3) is 0.455. The Morgan fingerprint density at radius 1 is 1.23 bits per heavy atom. The van der Waals surface area contributed by atoms with Crippen LogP contribution in [0.1, 0.15) is 32.1 Å². The summed E-state index contributed by atoms with van der Waals surface area (Å²) >= 11 is 0. The Kier molecular flexibility index (Phi) is 4.98. The van der Waals surface area contributed by atoms with Crippen LogP contribution in [0.4, 0.5) is 5.95 Å². The third kappa shape index (κ3) is 3.81. The number of carbonyl (C=O) groups excluding carboxylic acids is 1. The molecule has 0 unspecified atom stereocenters. The van der Waals surface area contributed by atoms with Crippen molar-refractivity contribution >= 4 is 22.9 Å². The Bertz CT molecular complexity index is 1050. The smallest absolute Gasteiger partial charge is 0.224 e. The number of anilines is 1. The van der Waals surface area contributed by atoms with Crippen molar-refractivity contribution in [3.63, 3.8) is 0 Å². The lowest BCUT2D eigenvalue weighted by Crippen LogP contribution is -2.42. The first kappa shape index (κ1) is 18.8. The number of nitrogens with zero attached hydrogens (tertiary/aromatic N) is 4. The van der Waals surface area contributed by atoms with Gasteiger partial charge >= 0.3 is 0 Å². The molecule has 0 atom stereocenters. The number of piperidine rings is 1. The molecule has 2 fully saturated rings. The average molecular weight is 406 g/mol. The van der Waals surface area contributed by atoms with Crippen LogP contribution < -0.4 is 10.1 Å². The second kappa shape index (κ2) is 7.93. The van der Waals surface area contributed by atoms with Crippen LogP contribution in [0.15, 0.2) is 30.5 Å². The molecule has 30 heavy (non-hydrogen) atoms. The van der Waals surface area contributed by atoms with Crippen LogP contribution in [0.25, 0.3) is 22.3 Å². The lowest BCUT2D eigenvalue weighted by Gasteiger charge is -2.32. The molecular formula is C22H26N6O2. The Hall–Kier alpha value is -3.16. The molecule has 156 valence electrons. The maximum absolute atomic E-state index is 12.3. The minimum Gasteiger partial charge on any atom is -0.496 e. The minimum atomic E-state index is 0.264. The van der Waals surface area contributed by atoms with Gasteiger partial charge in [0.05, 0.1) is 18.2 Å². The number of hydrogen-bond acceptors (Lipinski definition) is 6. The quantitative estimate of drug-likeness (QED) is 0.652.